The second kappa shape index (κ2) is 6.92. The van der Waals surface area contributed by atoms with Gasteiger partial charge in [-0.05, 0) is 38.8 Å². The number of carbonyl (C=O) groups is 1. The standard InChI is InChI=1S/C18H24N2O4S/c1-10(2)24-18(21)14-12(4)20-17(19)16(25(5,22)23)15(14)13-9-7-6-8-11(13)3/h6-10,15,20H,19H2,1-5H3. The number of aryl methyl sites for hydroxylation is 1. The molecule has 0 aromatic heterocycles. The topological polar surface area (TPSA) is 98.5 Å². The first kappa shape index (κ1) is 19.1. The summed E-state index contributed by atoms with van der Waals surface area (Å²) < 4.78 is 30.2. The summed E-state index contributed by atoms with van der Waals surface area (Å²) in [5.74, 6) is -1.32. The van der Waals surface area contributed by atoms with Gasteiger partial charge in [0, 0.05) is 12.0 Å². The SMILES string of the molecule is CC1=C(C(=O)OC(C)C)C(c2ccccc2C)C(S(C)(=O)=O)=C(N)N1. The normalized spacial score (nSPS) is 18.4. The van der Waals surface area contributed by atoms with E-state index in [1.54, 1.807) is 32.9 Å². The van der Waals surface area contributed by atoms with E-state index in [0.29, 0.717) is 11.3 Å². The molecule has 1 heterocycles. The maximum atomic E-state index is 12.7. The van der Waals surface area contributed by atoms with Gasteiger partial charge in [-0.2, -0.15) is 0 Å². The van der Waals surface area contributed by atoms with E-state index in [1.807, 2.05) is 19.1 Å². The predicted octanol–water partition coefficient (Wildman–Crippen LogP) is 2.08. The highest BCUT2D eigenvalue weighted by Crippen LogP contribution is 2.41. The molecular formula is C18H24N2O4S. The molecule has 1 aromatic carbocycles. The number of hydrogen-bond acceptors (Lipinski definition) is 6. The van der Waals surface area contributed by atoms with Crippen LogP contribution in [0.3, 0.4) is 0 Å². The molecule has 2 rings (SSSR count). The van der Waals surface area contributed by atoms with Crippen LogP contribution < -0.4 is 11.1 Å². The van der Waals surface area contributed by atoms with Crippen molar-refractivity contribution in [2.45, 2.75) is 39.7 Å². The largest absolute Gasteiger partial charge is 0.460 e. The number of sulfone groups is 1. The van der Waals surface area contributed by atoms with Crippen LogP contribution in [0.15, 0.2) is 46.3 Å². The van der Waals surface area contributed by atoms with Gasteiger partial charge in [0.1, 0.15) is 5.82 Å². The van der Waals surface area contributed by atoms with Crippen molar-refractivity contribution >= 4 is 15.8 Å². The van der Waals surface area contributed by atoms with Crippen LogP contribution in [0.4, 0.5) is 0 Å². The minimum atomic E-state index is -3.66. The lowest BCUT2D eigenvalue weighted by Gasteiger charge is -2.31. The highest BCUT2D eigenvalue weighted by atomic mass is 32.2. The molecule has 0 aliphatic carbocycles. The lowest BCUT2D eigenvalue weighted by molar-refractivity contribution is -0.143. The summed E-state index contributed by atoms with van der Waals surface area (Å²) in [5.41, 5.74) is 8.33. The fourth-order valence-electron chi connectivity index (χ4n) is 3.00. The Labute approximate surface area is 148 Å². The van der Waals surface area contributed by atoms with E-state index in [0.717, 1.165) is 11.8 Å². The summed E-state index contributed by atoms with van der Waals surface area (Å²) in [6.45, 7) is 7.05. The third-order valence-electron chi connectivity index (χ3n) is 4.00. The zero-order valence-electron chi connectivity index (χ0n) is 15.1. The summed E-state index contributed by atoms with van der Waals surface area (Å²) in [4.78, 5) is 12.7. The number of esters is 1. The lowest BCUT2D eigenvalue weighted by Crippen LogP contribution is -2.36. The van der Waals surface area contributed by atoms with Crippen LogP contribution in [0, 0.1) is 6.92 Å². The summed E-state index contributed by atoms with van der Waals surface area (Å²) in [5, 5.41) is 2.82. The maximum absolute atomic E-state index is 12.7. The minimum Gasteiger partial charge on any atom is -0.460 e. The van der Waals surface area contributed by atoms with E-state index in [2.05, 4.69) is 5.32 Å². The van der Waals surface area contributed by atoms with Crippen LogP contribution in [0.2, 0.25) is 0 Å². The van der Waals surface area contributed by atoms with E-state index in [9.17, 15) is 13.2 Å². The first-order chi connectivity index (χ1) is 11.5. The maximum Gasteiger partial charge on any atom is 0.337 e. The van der Waals surface area contributed by atoms with Gasteiger partial charge in [-0.1, -0.05) is 24.3 Å². The highest BCUT2D eigenvalue weighted by molar-refractivity contribution is 7.94. The van der Waals surface area contributed by atoms with E-state index in [-0.39, 0.29) is 22.4 Å². The average molecular weight is 364 g/mol. The quantitative estimate of drug-likeness (QED) is 0.794. The van der Waals surface area contributed by atoms with Gasteiger partial charge in [0.15, 0.2) is 9.84 Å². The molecule has 1 aliphatic heterocycles. The molecule has 25 heavy (non-hydrogen) atoms. The highest BCUT2D eigenvalue weighted by Gasteiger charge is 2.39. The summed E-state index contributed by atoms with van der Waals surface area (Å²) in [6, 6.07) is 7.34. The van der Waals surface area contributed by atoms with Crippen LogP contribution in [0.5, 0.6) is 0 Å². The van der Waals surface area contributed by atoms with Gasteiger partial charge in [-0.25, -0.2) is 13.2 Å². The molecule has 0 radical (unpaired) electrons. The molecule has 0 bridgehead atoms. The Kier molecular flexibility index (Phi) is 5.27. The number of ether oxygens (including phenoxy) is 1. The minimum absolute atomic E-state index is 0.0110. The van der Waals surface area contributed by atoms with Crippen molar-refractivity contribution in [3.63, 3.8) is 0 Å². The monoisotopic (exact) mass is 364 g/mol. The number of dihydropyridines is 1. The summed E-state index contributed by atoms with van der Waals surface area (Å²) >= 11 is 0. The molecule has 1 atom stereocenters. The van der Waals surface area contributed by atoms with Crippen LogP contribution >= 0.6 is 0 Å². The van der Waals surface area contributed by atoms with E-state index in [1.165, 1.54) is 0 Å². The smallest absolute Gasteiger partial charge is 0.337 e. The van der Waals surface area contributed by atoms with Crippen LogP contribution in [-0.4, -0.2) is 26.7 Å². The Balaban J connectivity index is 2.75. The summed E-state index contributed by atoms with van der Waals surface area (Å²) in [7, 11) is -3.66. The fourth-order valence-corrected chi connectivity index (χ4v) is 4.13. The second-order valence-electron chi connectivity index (χ2n) is 6.46. The van der Waals surface area contributed by atoms with Crippen molar-refractivity contribution in [1.82, 2.24) is 5.32 Å². The Morgan fingerprint density at radius 1 is 1.24 bits per heavy atom. The average Bonchev–Trinajstić information content (AvgIpc) is 2.44. The van der Waals surface area contributed by atoms with Crippen molar-refractivity contribution in [3.05, 3.63) is 57.4 Å². The first-order valence-electron chi connectivity index (χ1n) is 7.98. The lowest BCUT2D eigenvalue weighted by atomic mass is 9.85. The van der Waals surface area contributed by atoms with Gasteiger partial charge < -0.3 is 15.8 Å². The van der Waals surface area contributed by atoms with Gasteiger partial charge in [0.25, 0.3) is 0 Å². The number of carbonyl (C=O) groups excluding carboxylic acids is 1. The molecule has 0 spiro atoms. The Hall–Kier alpha value is -2.28. The molecule has 3 N–H and O–H groups in total. The van der Waals surface area contributed by atoms with Gasteiger partial charge in [-0.15, -0.1) is 0 Å². The van der Waals surface area contributed by atoms with Crippen molar-refractivity contribution < 1.29 is 17.9 Å². The molecule has 1 aliphatic rings. The van der Waals surface area contributed by atoms with Crippen molar-refractivity contribution in [3.8, 4) is 0 Å². The molecule has 1 unspecified atom stereocenters. The Bertz CT molecular complexity index is 867. The summed E-state index contributed by atoms with van der Waals surface area (Å²) in [6.07, 6.45) is 0.768. The predicted molar refractivity (Wildman–Crippen MR) is 97.0 cm³/mol. The van der Waals surface area contributed by atoms with Gasteiger partial charge >= 0.3 is 5.97 Å². The first-order valence-corrected chi connectivity index (χ1v) is 9.87. The zero-order chi connectivity index (χ0) is 18.9. The number of hydrogen-bond donors (Lipinski definition) is 2. The van der Waals surface area contributed by atoms with Crippen molar-refractivity contribution in [2.75, 3.05) is 6.26 Å². The number of nitrogens with one attached hydrogen (secondary N) is 1. The van der Waals surface area contributed by atoms with Crippen LogP contribution in [0.25, 0.3) is 0 Å². The molecule has 136 valence electrons. The fraction of sp³-hybridized carbons (Fsp3) is 0.389. The molecule has 0 amide bonds. The van der Waals surface area contributed by atoms with Crippen LogP contribution in [-0.2, 0) is 19.4 Å². The zero-order valence-corrected chi connectivity index (χ0v) is 15.9. The van der Waals surface area contributed by atoms with E-state index >= 15 is 0 Å². The molecular weight excluding hydrogens is 340 g/mol. The molecule has 1 aromatic rings. The van der Waals surface area contributed by atoms with Gasteiger partial charge in [-0.3, -0.25) is 0 Å². The van der Waals surface area contributed by atoms with Gasteiger partial charge in [0.05, 0.1) is 22.5 Å². The van der Waals surface area contributed by atoms with E-state index < -0.39 is 21.7 Å². The third-order valence-corrected chi connectivity index (χ3v) is 5.26. The number of rotatable bonds is 4. The third kappa shape index (κ3) is 3.87. The number of allylic oxidation sites excluding steroid dienone is 2. The van der Waals surface area contributed by atoms with Crippen molar-refractivity contribution in [1.29, 1.82) is 0 Å². The molecule has 0 saturated carbocycles. The number of benzene rings is 1. The molecule has 7 heteroatoms. The van der Waals surface area contributed by atoms with Crippen LogP contribution in [0.1, 0.15) is 37.8 Å². The molecule has 0 saturated heterocycles. The Morgan fingerprint density at radius 3 is 2.36 bits per heavy atom. The van der Waals surface area contributed by atoms with Crippen molar-refractivity contribution in [2.24, 2.45) is 5.73 Å². The second-order valence-corrected chi connectivity index (χ2v) is 8.44. The molecule has 0 fully saturated rings. The van der Waals surface area contributed by atoms with Gasteiger partial charge in [0.2, 0.25) is 0 Å². The number of nitrogens with two attached hydrogens (primary N) is 1. The molecule has 6 nitrogen and oxygen atoms in total. The van der Waals surface area contributed by atoms with E-state index in [4.69, 9.17) is 10.5 Å². The Morgan fingerprint density at radius 2 is 1.84 bits per heavy atom.